The molecule has 0 aromatic heterocycles. The highest BCUT2D eigenvalue weighted by molar-refractivity contribution is 5.24. The molecule has 0 heterocycles. The van der Waals surface area contributed by atoms with E-state index in [0.29, 0.717) is 11.8 Å². The van der Waals surface area contributed by atoms with Gasteiger partial charge >= 0.3 is 6.18 Å². The van der Waals surface area contributed by atoms with Crippen molar-refractivity contribution in [3.8, 4) is 0 Å². The highest BCUT2D eigenvalue weighted by atomic mass is 19.4. The molecule has 1 nitrogen and oxygen atoms in total. The van der Waals surface area contributed by atoms with E-state index in [2.05, 4.69) is 26.1 Å². The maximum absolute atomic E-state index is 12.4. The Kier molecular flexibility index (Phi) is 5.85. The van der Waals surface area contributed by atoms with E-state index in [9.17, 15) is 13.2 Å². The van der Waals surface area contributed by atoms with Gasteiger partial charge in [-0.3, -0.25) is 0 Å². The van der Waals surface area contributed by atoms with Crippen LogP contribution in [0, 0.1) is 11.8 Å². The molecule has 0 radical (unpaired) electrons. The monoisotopic (exact) mass is 273 g/mol. The molecule has 0 amide bonds. The van der Waals surface area contributed by atoms with Crippen LogP contribution in [0.2, 0.25) is 0 Å². The van der Waals surface area contributed by atoms with Crippen LogP contribution in [-0.4, -0.2) is 13.1 Å². The quantitative estimate of drug-likeness (QED) is 0.821. The third-order valence-corrected chi connectivity index (χ3v) is 2.91. The minimum atomic E-state index is -4.25. The lowest BCUT2D eigenvalue weighted by Gasteiger charge is -2.14. The molecule has 1 rings (SSSR count). The van der Waals surface area contributed by atoms with E-state index in [4.69, 9.17) is 0 Å². The van der Waals surface area contributed by atoms with Gasteiger partial charge in [-0.2, -0.15) is 13.2 Å². The van der Waals surface area contributed by atoms with Crippen LogP contribution < -0.4 is 5.32 Å². The molecule has 19 heavy (non-hydrogen) atoms. The van der Waals surface area contributed by atoms with Gasteiger partial charge in [0.1, 0.15) is 0 Å². The first kappa shape index (κ1) is 16.0. The first-order valence-electron chi connectivity index (χ1n) is 6.66. The Morgan fingerprint density at radius 1 is 1.00 bits per heavy atom. The summed E-state index contributed by atoms with van der Waals surface area (Å²) in [6, 6.07) is 5.46. The summed E-state index contributed by atoms with van der Waals surface area (Å²) in [4.78, 5) is 0. The topological polar surface area (TPSA) is 12.0 Å². The van der Waals surface area contributed by atoms with Gasteiger partial charge in [0, 0.05) is 0 Å². The largest absolute Gasteiger partial charge is 0.416 e. The summed E-state index contributed by atoms with van der Waals surface area (Å²) in [6.07, 6.45) is -3.45. The van der Waals surface area contributed by atoms with E-state index in [1.807, 2.05) is 0 Å². The molecule has 0 saturated carbocycles. The van der Waals surface area contributed by atoms with Gasteiger partial charge < -0.3 is 5.32 Å². The molecule has 0 fully saturated rings. The van der Waals surface area contributed by atoms with Crippen LogP contribution in [0.25, 0.3) is 0 Å². The van der Waals surface area contributed by atoms with Gasteiger partial charge in [-0.1, -0.05) is 32.9 Å². The van der Waals surface area contributed by atoms with Crippen molar-refractivity contribution in [3.63, 3.8) is 0 Å². The second-order valence-corrected chi connectivity index (χ2v) is 5.56. The fraction of sp³-hybridized carbons (Fsp3) is 0.600. The Labute approximate surface area is 113 Å². The minimum Gasteiger partial charge on any atom is -0.316 e. The van der Waals surface area contributed by atoms with Crippen LogP contribution in [-0.2, 0) is 12.6 Å². The summed E-state index contributed by atoms with van der Waals surface area (Å²) in [6.45, 7) is 8.25. The molecule has 0 aliphatic heterocycles. The number of nitrogens with one attached hydrogen (secondary N) is 1. The average molecular weight is 273 g/mol. The third kappa shape index (κ3) is 6.10. The molecule has 1 unspecified atom stereocenters. The number of alkyl halides is 3. The van der Waals surface area contributed by atoms with Gasteiger partial charge in [-0.05, 0) is 49.0 Å². The van der Waals surface area contributed by atoms with E-state index in [-0.39, 0.29) is 0 Å². The first-order valence-corrected chi connectivity index (χ1v) is 6.66. The van der Waals surface area contributed by atoms with Gasteiger partial charge in [0.25, 0.3) is 0 Å². The standard InChI is InChI=1S/C15H22F3N/c1-11(2)9-19-10-12(3)8-13-4-6-14(7-5-13)15(16,17)18/h4-7,11-12,19H,8-10H2,1-3H3. The Morgan fingerprint density at radius 2 is 1.58 bits per heavy atom. The second-order valence-electron chi connectivity index (χ2n) is 5.56. The molecule has 108 valence electrons. The maximum atomic E-state index is 12.4. The zero-order valence-electron chi connectivity index (χ0n) is 11.7. The van der Waals surface area contributed by atoms with Crippen LogP contribution >= 0.6 is 0 Å². The second kappa shape index (κ2) is 6.94. The molecule has 1 N–H and O–H groups in total. The first-order chi connectivity index (χ1) is 8.79. The molecule has 0 spiro atoms. The van der Waals surface area contributed by atoms with Gasteiger partial charge in [-0.15, -0.1) is 0 Å². The summed E-state index contributed by atoms with van der Waals surface area (Å²) in [5.74, 6) is 1.02. The SMILES string of the molecule is CC(C)CNCC(C)Cc1ccc(C(F)(F)F)cc1. The number of hydrogen-bond donors (Lipinski definition) is 1. The van der Waals surface area contributed by atoms with E-state index < -0.39 is 11.7 Å². The van der Waals surface area contributed by atoms with Gasteiger partial charge in [0.15, 0.2) is 0 Å². The highest BCUT2D eigenvalue weighted by Crippen LogP contribution is 2.29. The van der Waals surface area contributed by atoms with Crippen molar-refractivity contribution in [1.82, 2.24) is 5.32 Å². The number of halogens is 3. The predicted octanol–water partition coefficient (Wildman–Crippen LogP) is 4.13. The lowest BCUT2D eigenvalue weighted by molar-refractivity contribution is -0.137. The summed E-state index contributed by atoms with van der Waals surface area (Å²) >= 11 is 0. The molecule has 1 atom stereocenters. The van der Waals surface area contributed by atoms with Crippen LogP contribution in [0.5, 0.6) is 0 Å². The maximum Gasteiger partial charge on any atom is 0.416 e. The molecule has 0 bridgehead atoms. The number of hydrogen-bond acceptors (Lipinski definition) is 1. The molecule has 1 aromatic rings. The predicted molar refractivity (Wildman–Crippen MR) is 72.0 cm³/mol. The molecule has 1 aromatic carbocycles. The van der Waals surface area contributed by atoms with Gasteiger partial charge in [0.2, 0.25) is 0 Å². The molecular formula is C15H22F3N. The van der Waals surface area contributed by atoms with Crippen molar-refractivity contribution in [2.75, 3.05) is 13.1 Å². The van der Waals surface area contributed by atoms with Crippen LogP contribution in [0.3, 0.4) is 0 Å². The van der Waals surface area contributed by atoms with E-state index in [1.165, 1.54) is 0 Å². The summed E-state index contributed by atoms with van der Waals surface area (Å²) < 4.78 is 37.2. The van der Waals surface area contributed by atoms with Gasteiger partial charge in [-0.25, -0.2) is 0 Å². The fourth-order valence-electron chi connectivity index (χ4n) is 1.92. The summed E-state index contributed by atoms with van der Waals surface area (Å²) in [7, 11) is 0. The van der Waals surface area contributed by atoms with E-state index >= 15 is 0 Å². The summed E-state index contributed by atoms with van der Waals surface area (Å²) in [5.41, 5.74) is 0.369. The summed E-state index contributed by atoms with van der Waals surface area (Å²) in [5, 5.41) is 3.36. The Balaban J connectivity index is 2.44. The third-order valence-electron chi connectivity index (χ3n) is 2.91. The number of benzene rings is 1. The van der Waals surface area contributed by atoms with E-state index in [0.717, 1.165) is 37.2 Å². The van der Waals surface area contributed by atoms with Gasteiger partial charge in [0.05, 0.1) is 5.56 Å². The zero-order valence-corrected chi connectivity index (χ0v) is 11.7. The molecule has 0 aliphatic carbocycles. The van der Waals surface area contributed by atoms with Crippen molar-refractivity contribution in [1.29, 1.82) is 0 Å². The smallest absolute Gasteiger partial charge is 0.316 e. The van der Waals surface area contributed by atoms with E-state index in [1.54, 1.807) is 12.1 Å². The molecule has 4 heteroatoms. The van der Waals surface area contributed by atoms with Crippen molar-refractivity contribution >= 4 is 0 Å². The molecule has 0 saturated heterocycles. The lowest BCUT2D eigenvalue weighted by Crippen LogP contribution is -2.26. The van der Waals surface area contributed by atoms with Crippen molar-refractivity contribution in [3.05, 3.63) is 35.4 Å². The van der Waals surface area contributed by atoms with Crippen molar-refractivity contribution < 1.29 is 13.2 Å². The van der Waals surface area contributed by atoms with Crippen LogP contribution in [0.4, 0.5) is 13.2 Å². The fourth-order valence-corrected chi connectivity index (χ4v) is 1.92. The Hall–Kier alpha value is -1.03. The zero-order chi connectivity index (χ0) is 14.5. The molecule has 0 aliphatic rings. The average Bonchev–Trinajstić information content (AvgIpc) is 2.27. The number of rotatable bonds is 6. The Morgan fingerprint density at radius 3 is 2.05 bits per heavy atom. The van der Waals surface area contributed by atoms with Crippen LogP contribution in [0.1, 0.15) is 31.9 Å². The minimum absolute atomic E-state index is 0.412. The highest BCUT2D eigenvalue weighted by Gasteiger charge is 2.29. The normalized spacial score (nSPS) is 13.8. The molecular weight excluding hydrogens is 251 g/mol. The van der Waals surface area contributed by atoms with Crippen molar-refractivity contribution in [2.24, 2.45) is 11.8 Å². The van der Waals surface area contributed by atoms with Crippen molar-refractivity contribution in [2.45, 2.75) is 33.4 Å². The Bertz CT molecular complexity index is 368. The van der Waals surface area contributed by atoms with Crippen LogP contribution in [0.15, 0.2) is 24.3 Å². The lowest BCUT2D eigenvalue weighted by atomic mass is 10.00.